The van der Waals surface area contributed by atoms with E-state index in [4.69, 9.17) is 15.5 Å². The Balaban J connectivity index is 0.996. The van der Waals surface area contributed by atoms with Crippen molar-refractivity contribution in [1.29, 1.82) is 0 Å². The molecule has 2 aliphatic rings. The number of benzene rings is 2. The highest BCUT2D eigenvalue weighted by atomic mass is 16.5. The number of nitrogens with two attached hydrogens (primary N) is 1. The smallest absolute Gasteiger partial charge is 0.407 e. The number of hydrogen-bond acceptors (Lipinski definition) is 10. The van der Waals surface area contributed by atoms with Crippen molar-refractivity contribution in [2.75, 3.05) is 31.2 Å². The van der Waals surface area contributed by atoms with Crippen molar-refractivity contribution in [3.05, 3.63) is 72.6 Å². The molecule has 7 N–H and O–H groups in total. The molecule has 56 heavy (non-hydrogen) atoms. The third kappa shape index (κ3) is 7.95. The van der Waals surface area contributed by atoms with E-state index < -0.39 is 18.2 Å². The van der Waals surface area contributed by atoms with Gasteiger partial charge in [0.15, 0.2) is 0 Å². The van der Waals surface area contributed by atoms with Crippen molar-refractivity contribution in [2.45, 2.75) is 77.5 Å². The van der Waals surface area contributed by atoms with Gasteiger partial charge in [-0.3, -0.25) is 9.59 Å². The zero-order chi connectivity index (χ0) is 39.5. The first-order chi connectivity index (χ1) is 27.0. The van der Waals surface area contributed by atoms with Gasteiger partial charge in [-0.15, -0.1) is 5.10 Å². The molecule has 7 rings (SSSR count). The molecule has 0 unspecified atom stereocenters. The standard InChI is InChI=1S/C40H50N12O4/c1-22(2)32(46-39-48-38(41)49-50-39)36(53)51-18-6-8-30(51)34-42-20-28(44-34)26-14-10-24(11-15-26)25-12-16-27(17-13-25)29-21-43-35(45-29)31-9-7-19-52(31)37(54)33(23(3)4)47-40(55)56-5/h10-17,20-23,30-33H,6-9,18-19H2,1-5H3,(H,42,44)(H,43,45)(H,47,55)(H4,41,46,48,49,50)/t30-,31-,32-,33-/m0/s1. The minimum absolute atomic E-state index is 0.00170. The summed E-state index contributed by atoms with van der Waals surface area (Å²) in [5.74, 6) is 1.71. The van der Waals surface area contributed by atoms with E-state index in [0.29, 0.717) is 19.0 Å². The summed E-state index contributed by atoms with van der Waals surface area (Å²) in [6.07, 6.45) is 6.35. The highest BCUT2D eigenvalue weighted by Gasteiger charge is 2.38. The minimum atomic E-state index is -0.685. The Morgan fingerprint density at radius 2 is 1.21 bits per heavy atom. The Kier molecular flexibility index (Phi) is 11.1. The number of ether oxygens (including phenoxy) is 1. The van der Waals surface area contributed by atoms with E-state index in [1.165, 1.54) is 7.11 Å². The van der Waals surface area contributed by atoms with Crippen LogP contribution in [0.25, 0.3) is 33.6 Å². The number of imidazole rings is 2. The number of nitrogens with zero attached hydrogens (tertiary/aromatic N) is 6. The van der Waals surface area contributed by atoms with Gasteiger partial charge in [0.2, 0.25) is 23.7 Å². The van der Waals surface area contributed by atoms with Gasteiger partial charge in [-0.05, 0) is 59.8 Å². The van der Waals surface area contributed by atoms with Gasteiger partial charge in [0.05, 0.1) is 43.0 Å². The SMILES string of the molecule is COC(=O)N[C@H](C(=O)N1CCC[C@H]1c1ncc(-c2ccc(-c3ccc(-c4cnc([C@@H]5CCCN5C(=O)[C@@H](Nc5n[nH]c(N)n5)C(C)C)[nH]4)cc3)cc2)[nH]1)C(C)C. The van der Waals surface area contributed by atoms with Crippen LogP contribution in [-0.4, -0.2) is 95.1 Å². The second kappa shape index (κ2) is 16.3. The molecule has 2 saturated heterocycles. The average molecular weight is 763 g/mol. The first kappa shape index (κ1) is 38.1. The zero-order valence-corrected chi connectivity index (χ0v) is 32.4. The summed E-state index contributed by atoms with van der Waals surface area (Å²) in [6.45, 7) is 9.03. The number of likely N-dealkylation sites (tertiary alicyclic amines) is 2. The fraction of sp³-hybridized carbons (Fsp3) is 0.425. The number of anilines is 2. The van der Waals surface area contributed by atoms with E-state index in [1.54, 1.807) is 6.20 Å². The Labute approximate surface area is 325 Å². The molecule has 4 atom stereocenters. The molecule has 0 radical (unpaired) electrons. The molecule has 294 valence electrons. The number of H-pyrrole nitrogens is 3. The Bertz CT molecular complexity index is 2140. The van der Waals surface area contributed by atoms with Gasteiger partial charge in [0.1, 0.15) is 23.7 Å². The molecule has 16 nitrogen and oxygen atoms in total. The van der Waals surface area contributed by atoms with Crippen LogP contribution < -0.4 is 16.4 Å². The number of hydrogen-bond donors (Lipinski definition) is 6. The molecule has 3 aromatic heterocycles. The van der Waals surface area contributed by atoms with E-state index in [9.17, 15) is 14.4 Å². The zero-order valence-electron chi connectivity index (χ0n) is 32.4. The van der Waals surface area contributed by atoms with Crippen LogP contribution >= 0.6 is 0 Å². The normalized spacial score (nSPS) is 18.1. The quantitative estimate of drug-likeness (QED) is 0.0914. The predicted octanol–water partition coefficient (Wildman–Crippen LogP) is 5.68. The minimum Gasteiger partial charge on any atom is -0.453 e. The van der Waals surface area contributed by atoms with Crippen LogP contribution in [-0.2, 0) is 14.3 Å². The molecule has 0 aliphatic carbocycles. The van der Waals surface area contributed by atoms with E-state index >= 15 is 0 Å². The van der Waals surface area contributed by atoms with Crippen molar-refractivity contribution < 1.29 is 19.1 Å². The molecule has 2 aliphatic heterocycles. The van der Waals surface area contributed by atoms with Crippen molar-refractivity contribution in [3.63, 3.8) is 0 Å². The van der Waals surface area contributed by atoms with Crippen LogP contribution in [0.5, 0.6) is 0 Å². The fourth-order valence-corrected chi connectivity index (χ4v) is 7.67. The van der Waals surface area contributed by atoms with Crippen LogP contribution in [0.15, 0.2) is 60.9 Å². The maximum Gasteiger partial charge on any atom is 0.407 e. The number of carbonyl (C=O) groups is 3. The molecule has 2 aromatic carbocycles. The van der Waals surface area contributed by atoms with Crippen molar-refractivity contribution >= 4 is 29.8 Å². The highest BCUT2D eigenvalue weighted by Crippen LogP contribution is 2.35. The lowest BCUT2D eigenvalue weighted by Gasteiger charge is -2.30. The van der Waals surface area contributed by atoms with Crippen LogP contribution in [0, 0.1) is 11.8 Å². The summed E-state index contributed by atoms with van der Waals surface area (Å²) in [5.41, 5.74) is 11.5. The van der Waals surface area contributed by atoms with Crippen LogP contribution in [0.1, 0.15) is 77.1 Å². The van der Waals surface area contributed by atoms with Gasteiger partial charge in [0, 0.05) is 13.1 Å². The topological polar surface area (TPSA) is 216 Å². The monoisotopic (exact) mass is 762 g/mol. The lowest BCUT2D eigenvalue weighted by atomic mass is 10.0. The largest absolute Gasteiger partial charge is 0.453 e. The molecule has 0 bridgehead atoms. The third-order valence-corrected chi connectivity index (χ3v) is 10.7. The van der Waals surface area contributed by atoms with Crippen molar-refractivity contribution in [3.8, 4) is 33.6 Å². The first-order valence-corrected chi connectivity index (χ1v) is 19.2. The Morgan fingerprint density at radius 3 is 1.64 bits per heavy atom. The maximum atomic E-state index is 13.8. The Morgan fingerprint density at radius 1 is 0.750 bits per heavy atom. The van der Waals surface area contributed by atoms with Gasteiger partial charge < -0.3 is 40.9 Å². The summed E-state index contributed by atoms with van der Waals surface area (Å²) in [6, 6.07) is 15.0. The average Bonchev–Trinajstić information content (AvgIpc) is 4.05. The number of rotatable bonds is 12. The van der Waals surface area contributed by atoms with Crippen molar-refractivity contribution in [2.24, 2.45) is 11.8 Å². The number of carbonyl (C=O) groups excluding carboxylic acids is 3. The predicted molar refractivity (Wildman–Crippen MR) is 212 cm³/mol. The number of nitrogens with one attached hydrogen (secondary N) is 5. The summed E-state index contributed by atoms with van der Waals surface area (Å²) in [4.78, 5) is 63.4. The fourth-order valence-electron chi connectivity index (χ4n) is 7.67. The molecule has 2 fully saturated rings. The van der Waals surface area contributed by atoms with Gasteiger partial charge in [-0.25, -0.2) is 19.9 Å². The van der Waals surface area contributed by atoms with E-state index in [2.05, 4.69) is 89.3 Å². The second-order valence-electron chi connectivity index (χ2n) is 15.2. The molecule has 3 amide bonds. The molecule has 0 spiro atoms. The second-order valence-corrected chi connectivity index (χ2v) is 15.2. The molecule has 16 heteroatoms. The summed E-state index contributed by atoms with van der Waals surface area (Å²) in [7, 11) is 1.29. The van der Waals surface area contributed by atoms with Gasteiger partial charge >= 0.3 is 6.09 Å². The summed E-state index contributed by atoms with van der Waals surface area (Å²) in [5, 5.41) is 12.5. The number of nitrogen functional groups attached to an aromatic ring is 1. The molecule has 0 saturated carbocycles. The summed E-state index contributed by atoms with van der Waals surface area (Å²) < 4.78 is 4.76. The summed E-state index contributed by atoms with van der Waals surface area (Å²) >= 11 is 0. The number of alkyl carbamates (subject to hydrolysis) is 1. The van der Waals surface area contributed by atoms with Gasteiger partial charge in [-0.2, -0.15) is 4.98 Å². The lowest BCUT2D eigenvalue weighted by Crippen LogP contribution is -2.51. The molecule has 5 heterocycles. The van der Waals surface area contributed by atoms with Crippen LogP contribution in [0.2, 0.25) is 0 Å². The van der Waals surface area contributed by atoms with Gasteiger partial charge in [-0.1, -0.05) is 76.2 Å². The molecular formula is C40H50N12O4. The van der Waals surface area contributed by atoms with Crippen LogP contribution in [0.3, 0.4) is 0 Å². The number of aromatic amines is 3. The van der Waals surface area contributed by atoms with Crippen molar-refractivity contribution in [1.82, 2.24) is 50.2 Å². The molecule has 5 aromatic rings. The third-order valence-electron chi connectivity index (χ3n) is 10.7. The first-order valence-electron chi connectivity index (χ1n) is 19.2. The highest BCUT2D eigenvalue weighted by molar-refractivity contribution is 5.87. The van der Waals surface area contributed by atoms with E-state index in [-0.39, 0.29) is 41.7 Å². The number of aromatic nitrogens is 7. The maximum absolute atomic E-state index is 13.8. The number of amides is 3. The van der Waals surface area contributed by atoms with E-state index in [1.807, 2.05) is 43.7 Å². The van der Waals surface area contributed by atoms with Crippen LogP contribution in [0.4, 0.5) is 16.7 Å². The molecular weight excluding hydrogens is 713 g/mol. The van der Waals surface area contributed by atoms with Gasteiger partial charge in [0.25, 0.3) is 0 Å². The lowest BCUT2D eigenvalue weighted by molar-refractivity contribution is -0.135. The Hall–Kier alpha value is -6.19. The van der Waals surface area contributed by atoms with E-state index in [0.717, 1.165) is 71.0 Å². The number of methoxy groups -OCH3 is 1.